The fourth-order valence-electron chi connectivity index (χ4n) is 3.44. The molecule has 3 rings (SSSR count). The van der Waals surface area contributed by atoms with E-state index in [0.29, 0.717) is 12.5 Å². The van der Waals surface area contributed by atoms with Gasteiger partial charge in [0, 0.05) is 32.3 Å². The highest BCUT2D eigenvalue weighted by atomic mass is 32.2. The Morgan fingerprint density at radius 1 is 1.46 bits per heavy atom. The van der Waals surface area contributed by atoms with Gasteiger partial charge in [-0.15, -0.1) is 0 Å². The van der Waals surface area contributed by atoms with Gasteiger partial charge in [-0.2, -0.15) is 0 Å². The number of aromatic nitrogens is 1. The third-order valence-electron chi connectivity index (χ3n) is 4.65. The summed E-state index contributed by atoms with van der Waals surface area (Å²) in [6, 6.07) is 3.79. The van der Waals surface area contributed by atoms with Crippen LogP contribution in [0, 0.1) is 5.92 Å². The van der Waals surface area contributed by atoms with E-state index in [0.717, 1.165) is 36.6 Å². The molecular formula is C18H25N3O2S. The van der Waals surface area contributed by atoms with Gasteiger partial charge in [0.2, 0.25) is 11.8 Å². The van der Waals surface area contributed by atoms with Crippen molar-refractivity contribution in [2.45, 2.75) is 49.8 Å². The lowest BCUT2D eigenvalue weighted by Gasteiger charge is -2.35. The second-order valence-corrected chi connectivity index (χ2v) is 7.91. The number of hydrogen-bond acceptors (Lipinski definition) is 4. The maximum absolute atomic E-state index is 12.9. The zero-order valence-corrected chi connectivity index (χ0v) is 15.2. The summed E-state index contributed by atoms with van der Waals surface area (Å²) in [6.45, 7) is 6.55. The molecule has 1 aromatic heterocycles. The van der Waals surface area contributed by atoms with Crippen LogP contribution in [0.15, 0.2) is 23.4 Å². The van der Waals surface area contributed by atoms with Crippen LogP contribution in [-0.4, -0.2) is 46.6 Å². The van der Waals surface area contributed by atoms with E-state index in [4.69, 9.17) is 0 Å². The van der Waals surface area contributed by atoms with Gasteiger partial charge in [-0.3, -0.25) is 9.59 Å². The molecule has 24 heavy (non-hydrogen) atoms. The van der Waals surface area contributed by atoms with Gasteiger partial charge in [0.05, 0.1) is 10.9 Å². The number of carbonyl (C=O) groups excluding carboxylic acids is 2. The number of thioether (sulfide) groups is 1. The Bertz CT molecular complexity index is 622. The van der Waals surface area contributed by atoms with Crippen molar-refractivity contribution in [3.05, 3.63) is 18.3 Å². The summed E-state index contributed by atoms with van der Waals surface area (Å²) in [5, 5.41) is 0.499. The monoisotopic (exact) mass is 347 g/mol. The topological polar surface area (TPSA) is 53.5 Å². The van der Waals surface area contributed by atoms with Crippen LogP contribution in [-0.2, 0) is 9.59 Å². The molecule has 0 unspecified atom stereocenters. The molecule has 0 spiro atoms. The lowest BCUT2D eigenvalue weighted by Crippen LogP contribution is -2.45. The number of hydrogen-bond donors (Lipinski definition) is 0. The molecule has 2 aliphatic rings. The molecule has 1 saturated heterocycles. The summed E-state index contributed by atoms with van der Waals surface area (Å²) in [5.74, 6) is 0.695. The number of rotatable bonds is 4. The molecule has 5 nitrogen and oxygen atoms in total. The van der Waals surface area contributed by atoms with Crippen LogP contribution in [0.4, 0.5) is 5.69 Å². The number of pyridine rings is 1. The minimum Gasteiger partial charge on any atom is -0.342 e. The number of piperidine rings is 1. The van der Waals surface area contributed by atoms with Crippen molar-refractivity contribution in [2.75, 3.05) is 24.5 Å². The molecule has 0 aliphatic carbocycles. The molecule has 3 heterocycles. The third kappa shape index (κ3) is 3.58. The zero-order valence-electron chi connectivity index (χ0n) is 14.4. The van der Waals surface area contributed by atoms with E-state index < -0.39 is 0 Å². The molecule has 1 fully saturated rings. The molecule has 1 aromatic rings. The molecule has 0 bridgehead atoms. The molecule has 0 N–H and O–H groups in total. The molecule has 0 saturated carbocycles. The summed E-state index contributed by atoms with van der Waals surface area (Å²) >= 11 is 1.44. The highest BCUT2D eigenvalue weighted by Crippen LogP contribution is 2.39. The quantitative estimate of drug-likeness (QED) is 0.840. The average Bonchev–Trinajstić information content (AvgIpc) is 2.58. The van der Waals surface area contributed by atoms with Crippen LogP contribution in [0.25, 0.3) is 0 Å². The van der Waals surface area contributed by atoms with Crippen molar-refractivity contribution in [1.82, 2.24) is 9.88 Å². The maximum atomic E-state index is 12.9. The van der Waals surface area contributed by atoms with Crippen molar-refractivity contribution in [2.24, 2.45) is 5.92 Å². The summed E-state index contributed by atoms with van der Waals surface area (Å²) in [6.07, 6.45) is 5.14. The van der Waals surface area contributed by atoms with Crippen molar-refractivity contribution in [1.29, 1.82) is 0 Å². The van der Waals surface area contributed by atoms with Crippen LogP contribution in [0.5, 0.6) is 0 Å². The van der Waals surface area contributed by atoms with Gasteiger partial charge in [-0.1, -0.05) is 25.6 Å². The highest BCUT2D eigenvalue weighted by Gasteiger charge is 2.36. The van der Waals surface area contributed by atoms with E-state index in [2.05, 4.69) is 18.8 Å². The average molecular weight is 347 g/mol. The predicted octanol–water partition coefficient (Wildman–Crippen LogP) is 2.95. The van der Waals surface area contributed by atoms with Gasteiger partial charge in [0.1, 0.15) is 5.03 Å². The fourth-order valence-corrected chi connectivity index (χ4v) is 4.59. The Balaban J connectivity index is 1.74. The summed E-state index contributed by atoms with van der Waals surface area (Å²) < 4.78 is 0. The Kier molecular flexibility index (Phi) is 5.43. The molecule has 2 amide bonds. The molecule has 2 atom stereocenters. The van der Waals surface area contributed by atoms with Crippen molar-refractivity contribution in [3.8, 4) is 0 Å². The van der Waals surface area contributed by atoms with Crippen molar-refractivity contribution in [3.63, 3.8) is 0 Å². The standard InChI is InChI=1S/C18H25N3O2S/c1-3-9-21-14-7-4-8-19-17(14)24-15(18(21)23)11-16(22)20-10-5-6-13(2)12-20/h4,7-8,13,15H,3,5-6,9-12H2,1-2H3/t13-,15+/m0/s1. The summed E-state index contributed by atoms with van der Waals surface area (Å²) in [7, 11) is 0. The first-order valence-electron chi connectivity index (χ1n) is 8.81. The minimum atomic E-state index is -0.358. The van der Waals surface area contributed by atoms with E-state index in [1.165, 1.54) is 18.2 Å². The first-order valence-corrected chi connectivity index (χ1v) is 9.69. The Morgan fingerprint density at radius 2 is 2.29 bits per heavy atom. The largest absolute Gasteiger partial charge is 0.342 e. The number of carbonyl (C=O) groups is 2. The molecule has 0 aromatic carbocycles. The van der Waals surface area contributed by atoms with E-state index in [9.17, 15) is 9.59 Å². The molecule has 0 radical (unpaired) electrons. The lowest BCUT2D eigenvalue weighted by atomic mass is 10.00. The molecule has 6 heteroatoms. The zero-order chi connectivity index (χ0) is 17.1. The predicted molar refractivity (Wildman–Crippen MR) is 96.1 cm³/mol. The number of likely N-dealkylation sites (tertiary alicyclic amines) is 1. The summed E-state index contributed by atoms with van der Waals surface area (Å²) in [5.41, 5.74) is 0.879. The molecule has 130 valence electrons. The first kappa shape index (κ1) is 17.3. The van der Waals surface area contributed by atoms with Gasteiger partial charge in [-0.25, -0.2) is 4.98 Å². The normalized spacial score (nSPS) is 24.0. The van der Waals surface area contributed by atoms with Crippen LogP contribution in [0.3, 0.4) is 0 Å². The van der Waals surface area contributed by atoms with E-state index in [1.54, 1.807) is 11.1 Å². The molecular weight excluding hydrogens is 322 g/mol. The first-order chi connectivity index (χ1) is 11.6. The second kappa shape index (κ2) is 7.55. The van der Waals surface area contributed by atoms with Gasteiger partial charge in [-0.05, 0) is 37.3 Å². The highest BCUT2D eigenvalue weighted by molar-refractivity contribution is 8.00. The number of nitrogens with zero attached hydrogens (tertiary/aromatic N) is 3. The molecule has 2 aliphatic heterocycles. The van der Waals surface area contributed by atoms with Crippen LogP contribution >= 0.6 is 11.8 Å². The van der Waals surface area contributed by atoms with E-state index in [1.807, 2.05) is 17.0 Å². The van der Waals surface area contributed by atoms with E-state index in [-0.39, 0.29) is 23.5 Å². The van der Waals surface area contributed by atoms with Gasteiger partial charge in [0.15, 0.2) is 0 Å². The van der Waals surface area contributed by atoms with Crippen molar-refractivity contribution >= 4 is 29.3 Å². The second-order valence-electron chi connectivity index (χ2n) is 6.72. The number of fused-ring (bicyclic) bond motifs is 1. The Labute approximate surface area is 147 Å². The number of anilines is 1. The van der Waals surface area contributed by atoms with Gasteiger partial charge in [0.25, 0.3) is 0 Å². The van der Waals surface area contributed by atoms with E-state index >= 15 is 0 Å². The van der Waals surface area contributed by atoms with Gasteiger partial charge >= 0.3 is 0 Å². The Morgan fingerprint density at radius 3 is 3.04 bits per heavy atom. The third-order valence-corrected chi connectivity index (χ3v) is 5.84. The van der Waals surface area contributed by atoms with Crippen LogP contribution in [0.2, 0.25) is 0 Å². The van der Waals surface area contributed by atoms with Gasteiger partial charge < -0.3 is 9.80 Å². The van der Waals surface area contributed by atoms with Crippen LogP contribution in [0.1, 0.15) is 39.5 Å². The summed E-state index contributed by atoms with van der Waals surface area (Å²) in [4.78, 5) is 33.7. The fraction of sp³-hybridized carbons (Fsp3) is 0.611. The maximum Gasteiger partial charge on any atom is 0.241 e. The van der Waals surface area contributed by atoms with Crippen LogP contribution < -0.4 is 4.90 Å². The van der Waals surface area contributed by atoms with Crippen molar-refractivity contribution < 1.29 is 9.59 Å². The SMILES string of the molecule is CCCN1C(=O)[C@@H](CC(=O)N2CCC[C@H](C)C2)Sc2ncccc21. The Hall–Kier alpha value is -1.56. The smallest absolute Gasteiger partial charge is 0.241 e. The minimum absolute atomic E-state index is 0.0424. The number of amides is 2. The lowest BCUT2D eigenvalue weighted by molar-refractivity contribution is -0.134.